The predicted molar refractivity (Wildman–Crippen MR) is 126 cm³/mol. The van der Waals surface area contributed by atoms with Crippen molar-refractivity contribution >= 4 is 12.0 Å². The topological polar surface area (TPSA) is 59.1 Å². The van der Waals surface area contributed by atoms with Gasteiger partial charge in [0.2, 0.25) is 5.91 Å². The standard InChI is InChI=1S/C24H34N2O4.C2H6/c1-24(2,3)30-23(28)26-14-10-20(11-15-26)29-21-7-6-17-8-12-25(13-9-19(17)16-21)22(27)18-4-5-18;1-2/h6-7,16,18,20H,4-5,8-15H2,1-3H3;1-2H3. The van der Waals surface area contributed by atoms with E-state index in [2.05, 4.69) is 18.2 Å². The van der Waals surface area contributed by atoms with Crippen LogP contribution in [0.3, 0.4) is 0 Å². The number of rotatable bonds is 3. The van der Waals surface area contributed by atoms with Crippen molar-refractivity contribution in [3.8, 4) is 5.75 Å². The Morgan fingerprint density at radius 2 is 1.50 bits per heavy atom. The number of likely N-dealkylation sites (tertiary alicyclic amines) is 1. The zero-order valence-electron chi connectivity index (χ0n) is 20.5. The van der Waals surface area contributed by atoms with Crippen molar-refractivity contribution in [2.75, 3.05) is 26.2 Å². The van der Waals surface area contributed by atoms with Crippen molar-refractivity contribution in [3.05, 3.63) is 29.3 Å². The molecule has 178 valence electrons. The van der Waals surface area contributed by atoms with Crippen molar-refractivity contribution in [2.45, 2.75) is 84.8 Å². The highest BCUT2D eigenvalue weighted by molar-refractivity contribution is 5.81. The Morgan fingerprint density at radius 1 is 0.875 bits per heavy atom. The number of piperidine rings is 1. The van der Waals surface area contributed by atoms with Crippen molar-refractivity contribution in [3.63, 3.8) is 0 Å². The van der Waals surface area contributed by atoms with Crippen LogP contribution < -0.4 is 4.74 Å². The molecule has 1 saturated heterocycles. The molecule has 2 fully saturated rings. The van der Waals surface area contributed by atoms with Gasteiger partial charge in [-0.3, -0.25) is 4.79 Å². The summed E-state index contributed by atoms with van der Waals surface area (Å²) in [7, 11) is 0. The van der Waals surface area contributed by atoms with Crippen molar-refractivity contribution in [1.82, 2.24) is 9.80 Å². The van der Waals surface area contributed by atoms with Crippen molar-refractivity contribution < 1.29 is 19.1 Å². The summed E-state index contributed by atoms with van der Waals surface area (Å²) in [5, 5.41) is 0. The minimum atomic E-state index is -0.467. The SMILES string of the molecule is CC.CC(C)(C)OC(=O)N1CCC(Oc2ccc3c(c2)CCN(C(=O)C2CC2)CC3)CC1. The monoisotopic (exact) mass is 444 g/mol. The van der Waals surface area contributed by atoms with Gasteiger partial charge in [-0.15, -0.1) is 0 Å². The molecule has 2 aliphatic heterocycles. The molecule has 3 aliphatic rings. The first kappa shape index (κ1) is 24.4. The van der Waals surface area contributed by atoms with Gasteiger partial charge in [-0.1, -0.05) is 19.9 Å². The van der Waals surface area contributed by atoms with Crippen molar-refractivity contribution in [1.29, 1.82) is 0 Å². The van der Waals surface area contributed by atoms with Crippen LogP contribution in [0.1, 0.15) is 71.4 Å². The van der Waals surface area contributed by atoms with Crippen LogP contribution >= 0.6 is 0 Å². The lowest BCUT2D eigenvalue weighted by Gasteiger charge is -2.33. The predicted octanol–water partition coefficient (Wildman–Crippen LogP) is 4.83. The fourth-order valence-corrected chi connectivity index (χ4v) is 4.26. The Hall–Kier alpha value is -2.24. The summed E-state index contributed by atoms with van der Waals surface area (Å²) >= 11 is 0. The molecule has 4 rings (SSSR count). The van der Waals surface area contributed by atoms with E-state index in [1.165, 1.54) is 11.1 Å². The van der Waals surface area contributed by atoms with Gasteiger partial charge in [0.15, 0.2) is 0 Å². The largest absolute Gasteiger partial charge is 0.490 e. The molecule has 0 N–H and O–H groups in total. The molecule has 0 radical (unpaired) electrons. The lowest BCUT2D eigenvalue weighted by Crippen LogP contribution is -2.44. The Balaban J connectivity index is 0.00000141. The number of amides is 2. The molecule has 1 saturated carbocycles. The van der Waals surface area contributed by atoms with Crippen LogP contribution in [0.2, 0.25) is 0 Å². The van der Waals surface area contributed by atoms with Crippen LogP contribution in [0.15, 0.2) is 18.2 Å². The Morgan fingerprint density at radius 3 is 2.09 bits per heavy atom. The smallest absolute Gasteiger partial charge is 0.410 e. The van der Waals surface area contributed by atoms with Gasteiger partial charge in [0.05, 0.1) is 0 Å². The molecule has 1 aromatic rings. The first-order chi connectivity index (χ1) is 15.3. The number of hydrogen-bond donors (Lipinski definition) is 0. The van der Waals surface area contributed by atoms with Crippen molar-refractivity contribution in [2.24, 2.45) is 5.92 Å². The lowest BCUT2D eigenvalue weighted by atomic mass is 10.0. The number of carbonyl (C=O) groups is 2. The van der Waals surface area contributed by atoms with E-state index >= 15 is 0 Å². The molecule has 0 spiro atoms. The van der Waals surface area contributed by atoms with Gasteiger partial charge >= 0.3 is 6.09 Å². The average Bonchev–Trinajstić information content (AvgIpc) is 3.61. The number of nitrogens with zero attached hydrogens (tertiary/aromatic N) is 2. The third-order valence-corrected chi connectivity index (χ3v) is 6.11. The van der Waals surface area contributed by atoms with Crippen LogP contribution in [0.5, 0.6) is 5.75 Å². The zero-order valence-corrected chi connectivity index (χ0v) is 20.5. The lowest BCUT2D eigenvalue weighted by molar-refractivity contribution is -0.132. The van der Waals surface area contributed by atoms with Gasteiger partial charge in [0, 0.05) is 44.9 Å². The maximum atomic E-state index is 12.4. The Bertz CT molecular complexity index is 790. The normalized spacial score (nSPS) is 19.3. The molecule has 0 bridgehead atoms. The number of benzene rings is 1. The molecule has 6 heteroatoms. The summed E-state index contributed by atoms with van der Waals surface area (Å²) < 4.78 is 11.7. The van der Waals surface area contributed by atoms with E-state index in [-0.39, 0.29) is 18.1 Å². The summed E-state index contributed by atoms with van der Waals surface area (Å²) in [4.78, 5) is 28.5. The molecule has 6 nitrogen and oxygen atoms in total. The van der Waals surface area contributed by atoms with Crippen LogP contribution in [0, 0.1) is 5.92 Å². The highest BCUT2D eigenvalue weighted by Gasteiger charge is 2.34. The van der Waals surface area contributed by atoms with Gasteiger partial charge in [-0.05, 0) is 69.7 Å². The first-order valence-electron chi connectivity index (χ1n) is 12.3. The van der Waals surface area contributed by atoms with Gasteiger partial charge in [0.1, 0.15) is 17.5 Å². The zero-order chi connectivity index (χ0) is 23.3. The highest BCUT2D eigenvalue weighted by Crippen LogP contribution is 2.32. The summed E-state index contributed by atoms with van der Waals surface area (Å²) in [6, 6.07) is 6.36. The van der Waals surface area contributed by atoms with E-state index < -0.39 is 5.60 Å². The fraction of sp³-hybridized carbons (Fsp3) is 0.692. The first-order valence-corrected chi connectivity index (χ1v) is 12.3. The van der Waals surface area contributed by atoms with Crippen LogP contribution in [0.4, 0.5) is 4.79 Å². The highest BCUT2D eigenvalue weighted by atomic mass is 16.6. The summed E-state index contributed by atoms with van der Waals surface area (Å²) in [5.41, 5.74) is 2.16. The van der Waals surface area contributed by atoms with E-state index in [1.54, 1.807) is 4.90 Å². The van der Waals surface area contributed by atoms with Crippen LogP contribution in [-0.4, -0.2) is 59.7 Å². The summed E-state index contributed by atoms with van der Waals surface area (Å²) in [5.74, 6) is 1.53. The van der Waals surface area contributed by atoms with E-state index in [9.17, 15) is 9.59 Å². The van der Waals surface area contributed by atoms with Gasteiger partial charge in [0.25, 0.3) is 0 Å². The minimum Gasteiger partial charge on any atom is -0.490 e. The quantitative estimate of drug-likeness (QED) is 0.670. The summed E-state index contributed by atoms with van der Waals surface area (Å²) in [6.45, 7) is 12.6. The number of fused-ring (bicyclic) bond motifs is 1. The molecule has 0 aromatic heterocycles. The molecular weight excluding hydrogens is 404 g/mol. The molecule has 1 aliphatic carbocycles. The minimum absolute atomic E-state index is 0.112. The maximum Gasteiger partial charge on any atom is 0.410 e. The molecule has 2 heterocycles. The average molecular weight is 445 g/mol. The second-order valence-corrected chi connectivity index (χ2v) is 9.81. The number of hydrogen-bond acceptors (Lipinski definition) is 4. The van der Waals surface area contributed by atoms with Gasteiger partial charge in [-0.2, -0.15) is 0 Å². The van der Waals surface area contributed by atoms with E-state index in [1.807, 2.05) is 39.5 Å². The molecule has 0 atom stereocenters. The van der Waals surface area contributed by atoms with E-state index in [4.69, 9.17) is 9.47 Å². The Labute approximate surface area is 193 Å². The Kier molecular flexibility index (Phi) is 8.07. The van der Waals surface area contributed by atoms with Crippen LogP contribution in [0.25, 0.3) is 0 Å². The van der Waals surface area contributed by atoms with Gasteiger partial charge < -0.3 is 19.3 Å². The fourth-order valence-electron chi connectivity index (χ4n) is 4.26. The van der Waals surface area contributed by atoms with E-state index in [0.29, 0.717) is 19.0 Å². The molecular formula is C26H40N2O4. The van der Waals surface area contributed by atoms with Gasteiger partial charge in [-0.25, -0.2) is 4.79 Å². The third-order valence-electron chi connectivity index (χ3n) is 6.11. The number of carbonyl (C=O) groups excluding carboxylic acids is 2. The second kappa shape index (κ2) is 10.6. The second-order valence-electron chi connectivity index (χ2n) is 9.81. The third kappa shape index (κ3) is 6.63. The number of ether oxygens (including phenoxy) is 2. The molecule has 1 aromatic carbocycles. The van der Waals surface area contributed by atoms with E-state index in [0.717, 1.165) is 57.4 Å². The van der Waals surface area contributed by atoms with Crippen LogP contribution in [-0.2, 0) is 22.4 Å². The molecule has 2 amide bonds. The maximum absolute atomic E-state index is 12.4. The molecule has 0 unspecified atom stereocenters. The summed E-state index contributed by atoms with van der Waals surface area (Å²) in [6.07, 6.45) is 5.42. The molecule has 32 heavy (non-hydrogen) atoms.